The maximum absolute atomic E-state index is 13.0. The van der Waals surface area contributed by atoms with Gasteiger partial charge in [-0.3, -0.25) is 9.69 Å². The predicted octanol–water partition coefficient (Wildman–Crippen LogP) is 5.59. The number of esters is 1. The van der Waals surface area contributed by atoms with Crippen LogP contribution in [0.1, 0.15) is 29.3 Å². The molecule has 1 heterocycles. The average molecular weight is 478 g/mol. The third-order valence-electron chi connectivity index (χ3n) is 4.69. The zero-order valence-electron chi connectivity index (χ0n) is 18.1. The molecule has 0 fully saturated rings. The second-order valence-electron chi connectivity index (χ2n) is 7.22. The lowest BCUT2D eigenvalue weighted by Crippen LogP contribution is -2.23. The van der Waals surface area contributed by atoms with Gasteiger partial charge < -0.3 is 9.47 Å². The van der Waals surface area contributed by atoms with E-state index in [1.54, 1.807) is 11.4 Å². The van der Waals surface area contributed by atoms with Crippen LogP contribution in [0.4, 0.5) is 24.0 Å². The summed E-state index contributed by atoms with van der Waals surface area (Å²) in [5.41, 5.74) is 1.66. The summed E-state index contributed by atoms with van der Waals surface area (Å²) < 4.78 is 49.7. The SMILES string of the molecule is CC(=O)N(c1cccc(C(F)(F)F)c1)c1nc(COC(=O)COc2ccc(C)c(C)c2)cs1. The van der Waals surface area contributed by atoms with Crippen LogP contribution >= 0.6 is 11.3 Å². The molecule has 2 aromatic carbocycles. The number of thiazole rings is 1. The molecule has 0 aliphatic carbocycles. The van der Waals surface area contributed by atoms with E-state index in [2.05, 4.69) is 4.98 Å². The minimum absolute atomic E-state index is 0.0389. The number of carbonyl (C=O) groups excluding carboxylic acids is 2. The normalized spacial score (nSPS) is 11.2. The Morgan fingerprint density at radius 3 is 2.52 bits per heavy atom. The number of hydrogen-bond donors (Lipinski definition) is 0. The van der Waals surface area contributed by atoms with Crippen molar-refractivity contribution >= 4 is 34.0 Å². The smallest absolute Gasteiger partial charge is 0.416 e. The van der Waals surface area contributed by atoms with E-state index < -0.39 is 23.6 Å². The first-order valence-electron chi connectivity index (χ1n) is 9.82. The Morgan fingerprint density at radius 2 is 1.85 bits per heavy atom. The highest BCUT2D eigenvalue weighted by Gasteiger charge is 2.31. The number of nitrogens with zero attached hydrogens (tertiary/aromatic N) is 2. The van der Waals surface area contributed by atoms with Crippen molar-refractivity contribution in [2.45, 2.75) is 33.6 Å². The van der Waals surface area contributed by atoms with Crippen LogP contribution in [-0.4, -0.2) is 23.5 Å². The molecule has 0 atom stereocenters. The number of anilines is 2. The van der Waals surface area contributed by atoms with E-state index in [-0.39, 0.29) is 24.0 Å². The molecular formula is C23H21F3N2O4S. The van der Waals surface area contributed by atoms with Gasteiger partial charge in [0, 0.05) is 12.3 Å². The Labute approximate surface area is 192 Å². The number of aryl methyl sites for hydroxylation is 2. The zero-order chi connectivity index (χ0) is 24.2. The van der Waals surface area contributed by atoms with Gasteiger partial charge in [0.15, 0.2) is 11.7 Å². The van der Waals surface area contributed by atoms with Gasteiger partial charge in [0.05, 0.1) is 16.9 Å². The highest BCUT2D eigenvalue weighted by atomic mass is 32.1. The molecule has 0 N–H and O–H groups in total. The Kier molecular flexibility index (Phi) is 7.37. The van der Waals surface area contributed by atoms with Crippen molar-refractivity contribution in [1.29, 1.82) is 0 Å². The molecule has 0 saturated carbocycles. The number of ether oxygens (including phenoxy) is 2. The second-order valence-corrected chi connectivity index (χ2v) is 8.06. The molecule has 3 rings (SSSR count). The van der Waals surface area contributed by atoms with Crippen molar-refractivity contribution in [3.8, 4) is 5.75 Å². The Balaban J connectivity index is 1.63. The number of amides is 1. The summed E-state index contributed by atoms with van der Waals surface area (Å²) in [6.07, 6.45) is -4.54. The fourth-order valence-electron chi connectivity index (χ4n) is 2.86. The number of alkyl halides is 3. The molecule has 0 unspecified atom stereocenters. The summed E-state index contributed by atoms with van der Waals surface area (Å²) in [4.78, 5) is 29.5. The maximum atomic E-state index is 13.0. The number of rotatable bonds is 7. The molecule has 0 bridgehead atoms. The molecule has 1 aromatic heterocycles. The van der Waals surface area contributed by atoms with Gasteiger partial charge in [-0.25, -0.2) is 9.78 Å². The van der Waals surface area contributed by atoms with Crippen LogP contribution in [0.3, 0.4) is 0 Å². The fourth-order valence-corrected chi connectivity index (χ4v) is 3.73. The Bertz CT molecular complexity index is 1160. The lowest BCUT2D eigenvalue weighted by atomic mass is 10.1. The van der Waals surface area contributed by atoms with Crippen molar-refractivity contribution in [3.05, 3.63) is 70.2 Å². The molecule has 33 heavy (non-hydrogen) atoms. The first-order chi connectivity index (χ1) is 15.5. The lowest BCUT2D eigenvalue weighted by molar-refractivity contribution is -0.147. The fraction of sp³-hybridized carbons (Fsp3) is 0.261. The molecule has 10 heteroatoms. The van der Waals surface area contributed by atoms with Crippen molar-refractivity contribution in [1.82, 2.24) is 4.98 Å². The third kappa shape index (κ3) is 6.32. The average Bonchev–Trinajstić information content (AvgIpc) is 3.21. The molecule has 174 valence electrons. The van der Waals surface area contributed by atoms with E-state index in [1.165, 1.54) is 19.1 Å². The maximum Gasteiger partial charge on any atom is 0.416 e. The van der Waals surface area contributed by atoms with Crippen molar-refractivity contribution < 1.29 is 32.2 Å². The zero-order valence-corrected chi connectivity index (χ0v) is 18.9. The summed E-state index contributed by atoms with van der Waals surface area (Å²) in [6.45, 7) is 4.68. The first kappa shape index (κ1) is 24.2. The van der Waals surface area contributed by atoms with E-state index in [1.807, 2.05) is 26.0 Å². The van der Waals surface area contributed by atoms with Gasteiger partial charge in [0.25, 0.3) is 0 Å². The molecule has 0 spiro atoms. The molecule has 0 saturated heterocycles. The summed E-state index contributed by atoms with van der Waals surface area (Å²) in [5.74, 6) is -0.567. The topological polar surface area (TPSA) is 68.7 Å². The minimum atomic E-state index is -4.54. The summed E-state index contributed by atoms with van der Waals surface area (Å²) in [7, 11) is 0. The number of aromatic nitrogens is 1. The molecule has 0 aliphatic rings. The molecule has 3 aromatic rings. The van der Waals surface area contributed by atoms with E-state index in [0.717, 1.165) is 39.5 Å². The third-order valence-corrected chi connectivity index (χ3v) is 5.57. The summed E-state index contributed by atoms with van der Waals surface area (Å²) >= 11 is 1.05. The van der Waals surface area contributed by atoms with Crippen LogP contribution in [0.25, 0.3) is 0 Å². The van der Waals surface area contributed by atoms with Crippen LogP contribution in [0.2, 0.25) is 0 Å². The largest absolute Gasteiger partial charge is 0.482 e. The van der Waals surface area contributed by atoms with E-state index in [9.17, 15) is 22.8 Å². The van der Waals surface area contributed by atoms with Gasteiger partial charge in [0.2, 0.25) is 5.91 Å². The standard InChI is InChI=1S/C23H21F3N2O4S/c1-14-7-8-20(9-15(14)2)31-12-21(30)32-11-18-13-33-22(27-18)28(16(3)29)19-6-4-5-17(10-19)23(24,25)26/h4-10,13H,11-12H2,1-3H3. The second kappa shape index (κ2) is 10.0. The highest BCUT2D eigenvalue weighted by Crippen LogP contribution is 2.35. The first-order valence-corrected chi connectivity index (χ1v) is 10.7. The molecule has 0 aliphatic heterocycles. The highest BCUT2D eigenvalue weighted by molar-refractivity contribution is 7.14. The van der Waals surface area contributed by atoms with Crippen molar-refractivity contribution in [3.63, 3.8) is 0 Å². The van der Waals surface area contributed by atoms with E-state index in [0.29, 0.717) is 11.4 Å². The monoisotopic (exact) mass is 478 g/mol. The molecule has 1 amide bonds. The van der Waals surface area contributed by atoms with Gasteiger partial charge in [0.1, 0.15) is 12.4 Å². The van der Waals surface area contributed by atoms with Gasteiger partial charge in [-0.1, -0.05) is 12.1 Å². The van der Waals surface area contributed by atoms with Crippen molar-refractivity contribution in [2.75, 3.05) is 11.5 Å². The Morgan fingerprint density at radius 1 is 1.09 bits per heavy atom. The number of halogens is 3. The van der Waals surface area contributed by atoms with Gasteiger partial charge in [-0.15, -0.1) is 11.3 Å². The van der Waals surface area contributed by atoms with Crippen LogP contribution in [0.15, 0.2) is 47.8 Å². The van der Waals surface area contributed by atoms with Gasteiger partial charge in [-0.2, -0.15) is 13.2 Å². The number of hydrogen-bond acceptors (Lipinski definition) is 6. The summed E-state index contributed by atoms with van der Waals surface area (Å²) in [5, 5.41) is 1.73. The van der Waals surface area contributed by atoms with E-state index >= 15 is 0 Å². The quantitative estimate of drug-likeness (QED) is 0.415. The number of benzene rings is 2. The van der Waals surface area contributed by atoms with E-state index in [4.69, 9.17) is 9.47 Å². The van der Waals surface area contributed by atoms with Gasteiger partial charge in [-0.05, 0) is 55.3 Å². The lowest BCUT2D eigenvalue weighted by Gasteiger charge is -2.19. The minimum Gasteiger partial charge on any atom is -0.482 e. The van der Waals surface area contributed by atoms with Crippen LogP contribution in [0, 0.1) is 13.8 Å². The molecule has 0 radical (unpaired) electrons. The predicted molar refractivity (Wildman–Crippen MR) is 118 cm³/mol. The van der Waals surface area contributed by atoms with Crippen LogP contribution in [0.5, 0.6) is 5.75 Å². The molecule has 6 nitrogen and oxygen atoms in total. The van der Waals surface area contributed by atoms with Crippen molar-refractivity contribution in [2.24, 2.45) is 0 Å². The molecular weight excluding hydrogens is 457 g/mol. The number of carbonyl (C=O) groups is 2. The van der Waals surface area contributed by atoms with Crippen LogP contribution in [-0.2, 0) is 27.1 Å². The summed E-state index contributed by atoms with van der Waals surface area (Å²) in [6, 6.07) is 9.88. The Hall–Kier alpha value is -3.40. The van der Waals surface area contributed by atoms with Crippen LogP contribution < -0.4 is 9.64 Å². The van der Waals surface area contributed by atoms with Gasteiger partial charge >= 0.3 is 12.1 Å².